The van der Waals surface area contributed by atoms with E-state index in [0.717, 1.165) is 43.4 Å². The van der Waals surface area contributed by atoms with Gasteiger partial charge in [0.2, 0.25) is 5.91 Å². The Morgan fingerprint density at radius 3 is 2.57 bits per heavy atom. The van der Waals surface area contributed by atoms with Gasteiger partial charge in [-0.3, -0.25) is 4.79 Å². The Bertz CT molecular complexity index is 502. The number of nitrogens with zero attached hydrogens (tertiary/aromatic N) is 1. The molecule has 1 aromatic carbocycles. The van der Waals surface area contributed by atoms with Gasteiger partial charge >= 0.3 is 0 Å². The summed E-state index contributed by atoms with van der Waals surface area (Å²) in [7, 11) is 1.85. The van der Waals surface area contributed by atoms with Crippen LogP contribution in [0.15, 0.2) is 24.3 Å². The molecule has 0 saturated heterocycles. The molecule has 2 rings (SSSR count). The summed E-state index contributed by atoms with van der Waals surface area (Å²) in [6.07, 6.45) is 5.76. The number of rotatable bonds is 6. The van der Waals surface area contributed by atoms with Crippen molar-refractivity contribution >= 4 is 18.3 Å². The standard InChI is InChI=1S/C18H28N2O2.ClH/c1-15-9-4-5-10-16(15)22-14-8-13-20(2)17(21)18(19)11-6-3-7-12-18;/h4-5,9-10H,3,6-8,11-14,19H2,1-2H3;1H. The molecule has 2 N–H and O–H groups in total. The number of aryl methyl sites for hydroxylation is 1. The van der Waals surface area contributed by atoms with Crippen molar-refractivity contribution in [1.29, 1.82) is 0 Å². The van der Waals surface area contributed by atoms with Crippen molar-refractivity contribution in [2.24, 2.45) is 5.73 Å². The lowest BCUT2D eigenvalue weighted by Gasteiger charge is -2.35. The average Bonchev–Trinajstić information content (AvgIpc) is 2.53. The van der Waals surface area contributed by atoms with Gasteiger partial charge in [-0.2, -0.15) is 0 Å². The monoisotopic (exact) mass is 340 g/mol. The van der Waals surface area contributed by atoms with Crippen molar-refractivity contribution in [2.75, 3.05) is 20.2 Å². The van der Waals surface area contributed by atoms with E-state index < -0.39 is 5.54 Å². The number of carbonyl (C=O) groups excluding carboxylic acids is 1. The molecule has 4 nitrogen and oxygen atoms in total. The maximum Gasteiger partial charge on any atom is 0.242 e. The van der Waals surface area contributed by atoms with Crippen LogP contribution in [0.3, 0.4) is 0 Å². The molecule has 1 saturated carbocycles. The number of benzene rings is 1. The first-order valence-corrected chi connectivity index (χ1v) is 8.26. The Kier molecular flexibility index (Phi) is 7.86. The lowest BCUT2D eigenvalue weighted by atomic mass is 9.81. The minimum Gasteiger partial charge on any atom is -0.493 e. The van der Waals surface area contributed by atoms with Crippen LogP contribution in [0.1, 0.15) is 44.1 Å². The molecule has 0 heterocycles. The highest BCUT2D eigenvalue weighted by Gasteiger charge is 2.36. The van der Waals surface area contributed by atoms with Gasteiger partial charge in [0.15, 0.2) is 0 Å². The average molecular weight is 341 g/mol. The molecule has 1 fully saturated rings. The fourth-order valence-electron chi connectivity index (χ4n) is 3.08. The zero-order valence-corrected chi connectivity index (χ0v) is 15.0. The normalized spacial score (nSPS) is 16.3. The summed E-state index contributed by atoms with van der Waals surface area (Å²) >= 11 is 0. The van der Waals surface area contributed by atoms with Crippen molar-refractivity contribution < 1.29 is 9.53 Å². The van der Waals surface area contributed by atoms with Gasteiger partial charge in [0.25, 0.3) is 0 Å². The van der Waals surface area contributed by atoms with Gasteiger partial charge in [-0.15, -0.1) is 12.4 Å². The zero-order valence-electron chi connectivity index (χ0n) is 14.2. The second kappa shape index (κ2) is 9.14. The Morgan fingerprint density at radius 1 is 1.26 bits per heavy atom. The summed E-state index contributed by atoms with van der Waals surface area (Å²) < 4.78 is 5.77. The molecular formula is C18H29ClN2O2. The number of likely N-dealkylation sites (N-methyl/N-ethyl adjacent to an activating group) is 1. The second-order valence-corrected chi connectivity index (χ2v) is 6.41. The maximum absolute atomic E-state index is 12.5. The van der Waals surface area contributed by atoms with Crippen LogP contribution < -0.4 is 10.5 Å². The SMILES string of the molecule is Cc1ccccc1OCCCN(C)C(=O)C1(N)CCCCC1.Cl. The first-order valence-electron chi connectivity index (χ1n) is 8.26. The molecule has 1 amide bonds. The van der Waals surface area contributed by atoms with Gasteiger partial charge < -0.3 is 15.4 Å². The Balaban J connectivity index is 0.00000264. The Morgan fingerprint density at radius 2 is 1.91 bits per heavy atom. The maximum atomic E-state index is 12.5. The molecule has 0 aromatic heterocycles. The number of para-hydroxylation sites is 1. The number of hydrogen-bond donors (Lipinski definition) is 1. The third kappa shape index (κ3) is 5.40. The summed E-state index contributed by atoms with van der Waals surface area (Å²) in [4.78, 5) is 14.3. The summed E-state index contributed by atoms with van der Waals surface area (Å²) in [6, 6.07) is 7.98. The first-order chi connectivity index (χ1) is 10.5. The van der Waals surface area contributed by atoms with E-state index in [9.17, 15) is 4.79 Å². The van der Waals surface area contributed by atoms with Gasteiger partial charge in [-0.25, -0.2) is 0 Å². The lowest BCUT2D eigenvalue weighted by Crippen LogP contribution is -2.55. The van der Waals surface area contributed by atoms with Crippen LogP contribution in [0, 0.1) is 6.92 Å². The van der Waals surface area contributed by atoms with Crippen LogP contribution in [0.2, 0.25) is 0 Å². The van der Waals surface area contributed by atoms with Crippen LogP contribution >= 0.6 is 12.4 Å². The summed E-state index contributed by atoms with van der Waals surface area (Å²) in [5, 5.41) is 0. The van der Waals surface area contributed by atoms with Crippen molar-refractivity contribution in [3.63, 3.8) is 0 Å². The van der Waals surface area contributed by atoms with E-state index in [1.54, 1.807) is 4.90 Å². The van der Waals surface area contributed by atoms with Crippen molar-refractivity contribution in [3.05, 3.63) is 29.8 Å². The molecule has 23 heavy (non-hydrogen) atoms. The minimum absolute atomic E-state index is 0. The summed E-state index contributed by atoms with van der Waals surface area (Å²) in [5.74, 6) is 1.00. The minimum atomic E-state index is -0.635. The van der Waals surface area contributed by atoms with Crippen LogP contribution in [0.5, 0.6) is 5.75 Å². The molecule has 0 bridgehead atoms. The van der Waals surface area contributed by atoms with Gasteiger partial charge in [-0.1, -0.05) is 37.5 Å². The zero-order chi connectivity index (χ0) is 16.0. The number of hydrogen-bond acceptors (Lipinski definition) is 3. The topological polar surface area (TPSA) is 55.6 Å². The lowest BCUT2D eigenvalue weighted by molar-refractivity contribution is -0.137. The van der Waals surface area contributed by atoms with Crippen LogP contribution in [0.25, 0.3) is 0 Å². The fraction of sp³-hybridized carbons (Fsp3) is 0.611. The quantitative estimate of drug-likeness (QED) is 0.808. The molecule has 1 aromatic rings. The van der Waals surface area contributed by atoms with Crippen molar-refractivity contribution in [3.8, 4) is 5.75 Å². The number of nitrogens with two attached hydrogens (primary N) is 1. The molecule has 130 valence electrons. The third-order valence-corrected chi connectivity index (χ3v) is 4.51. The van der Waals surface area contributed by atoms with Crippen LogP contribution in [-0.2, 0) is 4.79 Å². The van der Waals surface area contributed by atoms with Gasteiger partial charge in [0, 0.05) is 13.6 Å². The third-order valence-electron chi connectivity index (χ3n) is 4.51. The van der Waals surface area contributed by atoms with E-state index in [1.165, 1.54) is 6.42 Å². The molecule has 1 aliphatic rings. The number of ether oxygens (including phenoxy) is 1. The highest BCUT2D eigenvalue weighted by atomic mass is 35.5. The Labute approximate surface area is 145 Å². The van der Waals surface area contributed by atoms with E-state index in [1.807, 2.05) is 38.2 Å². The number of halogens is 1. The van der Waals surface area contributed by atoms with Gasteiger partial charge in [-0.05, 0) is 37.8 Å². The highest BCUT2D eigenvalue weighted by Crippen LogP contribution is 2.27. The van der Waals surface area contributed by atoms with Crippen molar-refractivity contribution in [1.82, 2.24) is 4.90 Å². The molecule has 0 radical (unpaired) electrons. The molecule has 0 unspecified atom stereocenters. The molecule has 0 aliphatic heterocycles. The summed E-state index contributed by atoms with van der Waals surface area (Å²) in [6.45, 7) is 3.33. The largest absolute Gasteiger partial charge is 0.493 e. The molecule has 0 atom stereocenters. The van der Waals surface area contributed by atoms with E-state index in [4.69, 9.17) is 10.5 Å². The van der Waals surface area contributed by atoms with E-state index in [0.29, 0.717) is 13.2 Å². The van der Waals surface area contributed by atoms with E-state index >= 15 is 0 Å². The van der Waals surface area contributed by atoms with Crippen LogP contribution in [-0.4, -0.2) is 36.5 Å². The number of amides is 1. The molecule has 1 aliphatic carbocycles. The van der Waals surface area contributed by atoms with E-state index in [2.05, 4.69) is 0 Å². The van der Waals surface area contributed by atoms with Crippen LogP contribution in [0.4, 0.5) is 0 Å². The number of carbonyl (C=O) groups is 1. The molecule has 0 spiro atoms. The predicted molar refractivity (Wildman–Crippen MR) is 96.2 cm³/mol. The van der Waals surface area contributed by atoms with E-state index in [-0.39, 0.29) is 18.3 Å². The highest BCUT2D eigenvalue weighted by molar-refractivity contribution is 5.86. The summed E-state index contributed by atoms with van der Waals surface area (Å²) in [5.41, 5.74) is 6.80. The molecule has 5 heteroatoms. The van der Waals surface area contributed by atoms with Crippen molar-refractivity contribution in [2.45, 2.75) is 51.0 Å². The van der Waals surface area contributed by atoms with Gasteiger partial charge in [0.05, 0.1) is 12.1 Å². The van der Waals surface area contributed by atoms with Gasteiger partial charge in [0.1, 0.15) is 5.75 Å². The molecular weight excluding hydrogens is 312 g/mol. The smallest absolute Gasteiger partial charge is 0.242 e. The predicted octanol–water partition coefficient (Wildman–Crippen LogP) is 3.31. The first kappa shape index (κ1) is 19.8. The fourth-order valence-corrected chi connectivity index (χ4v) is 3.08. The second-order valence-electron chi connectivity index (χ2n) is 6.41. The Hall–Kier alpha value is -1.26.